The van der Waals surface area contributed by atoms with Gasteiger partial charge in [-0.3, -0.25) is 9.69 Å². The molecule has 1 rings (SSSR count). The molecule has 1 aromatic rings. The molecular weight excluding hydrogens is 242 g/mol. The molecule has 0 heterocycles. The van der Waals surface area contributed by atoms with Crippen molar-refractivity contribution in [3.8, 4) is 6.07 Å². The van der Waals surface area contributed by atoms with E-state index in [1.165, 1.54) is 0 Å². The van der Waals surface area contributed by atoms with Crippen LogP contribution in [0.25, 0.3) is 0 Å². The number of nitrogens with zero attached hydrogens (tertiary/aromatic N) is 2. The largest absolute Gasteiger partial charge is 0.298 e. The maximum absolute atomic E-state index is 12.8. The van der Waals surface area contributed by atoms with Crippen molar-refractivity contribution in [3.63, 3.8) is 0 Å². The second-order valence-electron chi connectivity index (χ2n) is 2.61. The highest BCUT2D eigenvalue weighted by atomic mass is 35.5. The fourth-order valence-corrected chi connectivity index (χ4v) is 1.73. The first kappa shape index (κ1) is 11.8. The fraction of sp³-hybridized carbons (Fsp3) is 0.111. The molecule has 0 spiro atoms. The van der Waals surface area contributed by atoms with Crippen LogP contribution in [0, 0.1) is 17.1 Å². The standard InChI is InChI=1S/C9H5Cl2FN2O/c10-7-3-6(12)4-8(11)9(7)14(5-15)2-1-13/h3-5H,2H2. The maximum Gasteiger partial charge on any atom is 0.215 e. The molecule has 0 aliphatic carbocycles. The molecule has 0 saturated heterocycles. The van der Waals surface area contributed by atoms with E-state index in [2.05, 4.69) is 0 Å². The second kappa shape index (κ2) is 4.96. The smallest absolute Gasteiger partial charge is 0.215 e. The zero-order valence-corrected chi connectivity index (χ0v) is 8.89. The van der Waals surface area contributed by atoms with Crippen LogP contribution in [0.2, 0.25) is 10.0 Å². The highest BCUT2D eigenvalue weighted by molar-refractivity contribution is 6.39. The van der Waals surface area contributed by atoms with E-state index in [9.17, 15) is 9.18 Å². The van der Waals surface area contributed by atoms with Gasteiger partial charge >= 0.3 is 0 Å². The van der Waals surface area contributed by atoms with Crippen molar-refractivity contribution >= 4 is 35.3 Å². The van der Waals surface area contributed by atoms with Crippen LogP contribution in [0.15, 0.2) is 12.1 Å². The van der Waals surface area contributed by atoms with E-state index in [0.717, 1.165) is 17.0 Å². The summed E-state index contributed by atoms with van der Waals surface area (Å²) in [4.78, 5) is 11.7. The van der Waals surface area contributed by atoms with E-state index >= 15 is 0 Å². The summed E-state index contributed by atoms with van der Waals surface area (Å²) in [6.45, 7) is -0.200. The third-order valence-electron chi connectivity index (χ3n) is 1.64. The van der Waals surface area contributed by atoms with Crippen molar-refractivity contribution in [1.82, 2.24) is 0 Å². The molecule has 0 radical (unpaired) electrons. The van der Waals surface area contributed by atoms with E-state index in [4.69, 9.17) is 28.5 Å². The molecule has 3 nitrogen and oxygen atoms in total. The lowest BCUT2D eigenvalue weighted by molar-refractivity contribution is -0.107. The Bertz CT molecular complexity index is 408. The number of carbonyl (C=O) groups excluding carboxylic acids is 1. The first-order valence-electron chi connectivity index (χ1n) is 3.83. The van der Waals surface area contributed by atoms with Crippen LogP contribution >= 0.6 is 23.2 Å². The van der Waals surface area contributed by atoms with E-state index in [0.29, 0.717) is 6.41 Å². The fourth-order valence-electron chi connectivity index (χ4n) is 1.05. The van der Waals surface area contributed by atoms with Crippen LogP contribution in [0.1, 0.15) is 0 Å². The predicted molar refractivity (Wildman–Crippen MR) is 55.4 cm³/mol. The van der Waals surface area contributed by atoms with Gasteiger partial charge < -0.3 is 0 Å². The Labute approximate surface area is 95.6 Å². The Kier molecular flexibility index (Phi) is 3.89. The molecule has 0 aliphatic rings. The number of amides is 1. The number of hydrogen-bond acceptors (Lipinski definition) is 2. The molecule has 0 aromatic heterocycles. The third-order valence-corrected chi connectivity index (χ3v) is 2.21. The summed E-state index contributed by atoms with van der Waals surface area (Å²) in [7, 11) is 0. The maximum atomic E-state index is 12.8. The minimum atomic E-state index is -0.600. The summed E-state index contributed by atoms with van der Waals surface area (Å²) in [6.07, 6.45) is 0.411. The molecule has 0 saturated carbocycles. The van der Waals surface area contributed by atoms with Gasteiger partial charge in [0.05, 0.1) is 21.8 Å². The topological polar surface area (TPSA) is 44.1 Å². The van der Waals surface area contributed by atoms with Gasteiger partial charge in [-0.05, 0) is 12.1 Å². The number of benzene rings is 1. The summed E-state index contributed by atoms with van der Waals surface area (Å²) < 4.78 is 12.8. The monoisotopic (exact) mass is 246 g/mol. The van der Waals surface area contributed by atoms with Crippen molar-refractivity contribution in [2.45, 2.75) is 0 Å². The number of anilines is 1. The highest BCUT2D eigenvalue weighted by Gasteiger charge is 2.14. The first-order chi connectivity index (χ1) is 7.10. The van der Waals surface area contributed by atoms with Gasteiger partial charge in [0.15, 0.2) is 0 Å². The van der Waals surface area contributed by atoms with Gasteiger partial charge in [0, 0.05) is 0 Å². The van der Waals surface area contributed by atoms with Gasteiger partial charge in [-0.15, -0.1) is 0 Å². The van der Waals surface area contributed by atoms with Crippen molar-refractivity contribution in [2.75, 3.05) is 11.4 Å². The van der Waals surface area contributed by atoms with Crippen LogP contribution in [-0.4, -0.2) is 13.0 Å². The second-order valence-corrected chi connectivity index (χ2v) is 3.42. The summed E-state index contributed by atoms with van der Waals surface area (Å²) in [5.41, 5.74) is 0.135. The van der Waals surface area contributed by atoms with Crippen molar-refractivity contribution in [3.05, 3.63) is 28.0 Å². The number of halogens is 3. The predicted octanol–water partition coefficient (Wildman–Crippen LogP) is 2.62. The van der Waals surface area contributed by atoms with Gasteiger partial charge in [0.1, 0.15) is 12.4 Å². The summed E-state index contributed by atoms with van der Waals surface area (Å²) in [5.74, 6) is -0.600. The Morgan fingerprint density at radius 1 is 1.47 bits per heavy atom. The molecule has 1 amide bonds. The van der Waals surface area contributed by atoms with Gasteiger partial charge in [0.25, 0.3) is 0 Å². The number of rotatable bonds is 3. The lowest BCUT2D eigenvalue weighted by Gasteiger charge is -2.16. The van der Waals surface area contributed by atoms with Gasteiger partial charge in [-0.2, -0.15) is 5.26 Å². The Balaban J connectivity index is 3.24. The lowest BCUT2D eigenvalue weighted by atomic mass is 10.3. The van der Waals surface area contributed by atoms with Gasteiger partial charge in [-0.25, -0.2) is 4.39 Å². The summed E-state index contributed by atoms with van der Waals surface area (Å²) >= 11 is 11.4. The van der Waals surface area contributed by atoms with Crippen LogP contribution in [0.4, 0.5) is 10.1 Å². The first-order valence-corrected chi connectivity index (χ1v) is 4.59. The molecular formula is C9H5Cl2FN2O. The van der Waals surface area contributed by atoms with Crippen LogP contribution in [0.3, 0.4) is 0 Å². The highest BCUT2D eigenvalue weighted by Crippen LogP contribution is 2.33. The van der Waals surface area contributed by atoms with Crippen LogP contribution < -0.4 is 4.90 Å². The molecule has 1 aromatic carbocycles. The van der Waals surface area contributed by atoms with E-state index in [1.54, 1.807) is 6.07 Å². The average Bonchev–Trinajstić information content (AvgIpc) is 2.14. The number of carbonyl (C=O) groups is 1. The van der Waals surface area contributed by atoms with Gasteiger partial charge in [0.2, 0.25) is 6.41 Å². The molecule has 0 aliphatic heterocycles. The minimum absolute atomic E-state index is 0.0117. The van der Waals surface area contributed by atoms with E-state index in [-0.39, 0.29) is 22.3 Å². The molecule has 0 atom stereocenters. The number of nitriles is 1. The third kappa shape index (κ3) is 2.58. The Morgan fingerprint density at radius 2 is 2.00 bits per heavy atom. The Hall–Kier alpha value is -1.31. The number of hydrogen-bond donors (Lipinski definition) is 0. The van der Waals surface area contributed by atoms with Gasteiger partial charge in [-0.1, -0.05) is 23.2 Å². The van der Waals surface area contributed by atoms with Crippen molar-refractivity contribution in [1.29, 1.82) is 5.26 Å². The molecule has 0 unspecified atom stereocenters. The molecule has 6 heteroatoms. The summed E-state index contributed by atoms with van der Waals surface area (Å²) in [6, 6.07) is 3.82. The van der Waals surface area contributed by atoms with E-state index < -0.39 is 5.82 Å². The van der Waals surface area contributed by atoms with Crippen molar-refractivity contribution in [2.24, 2.45) is 0 Å². The van der Waals surface area contributed by atoms with E-state index in [1.807, 2.05) is 0 Å². The normalized spacial score (nSPS) is 9.47. The molecule has 78 valence electrons. The summed E-state index contributed by atoms with van der Waals surface area (Å²) in [5, 5.41) is 8.43. The average molecular weight is 247 g/mol. The van der Waals surface area contributed by atoms with Crippen LogP contribution in [-0.2, 0) is 4.79 Å². The quantitative estimate of drug-likeness (QED) is 0.608. The Morgan fingerprint density at radius 3 is 2.40 bits per heavy atom. The lowest BCUT2D eigenvalue weighted by Crippen LogP contribution is -2.21. The molecule has 0 bridgehead atoms. The zero-order chi connectivity index (χ0) is 11.4. The molecule has 0 N–H and O–H groups in total. The zero-order valence-electron chi connectivity index (χ0n) is 7.38. The molecule has 15 heavy (non-hydrogen) atoms. The van der Waals surface area contributed by atoms with Crippen LogP contribution in [0.5, 0.6) is 0 Å². The SMILES string of the molecule is N#CCN(C=O)c1c(Cl)cc(F)cc1Cl. The minimum Gasteiger partial charge on any atom is -0.298 e. The molecule has 0 fully saturated rings. The van der Waals surface area contributed by atoms with Crippen molar-refractivity contribution < 1.29 is 9.18 Å².